The molecule has 3 nitrogen and oxygen atoms in total. The molecule has 1 amide bonds. The molecule has 0 saturated carbocycles. The largest absolute Gasteiger partial charge is 0.324 e. The van der Waals surface area contributed by atoms with Crippen LogP contribution in [0.5, 0.6) is 0 Å². The molecule has 0 saturated heterocycles. The smallest absolute Gasteiger partial charge is 0.238 e. The quantitative estimate of drug-likeness (QED) is 0.823. The molecular formula is C18H20Cl2N2O. The number of amides is 1. The summed E-state index contributed by atoms with van der Waals surface area (Å²) < 4.78 is 0. The summed E-state index contributed by atoms with van der Waals surface area (Å²) in [4.78, 5) is 14.1. The van der Waals surface area contributed by atoms with Crippen LogP contribution in [0, 0.1) is 0 Å². The molecule has 2 aromatic carbocycles. The molecule has 2 rings (SSSR count). The highest BCUT2D eigenvalue weighted by molar-refractivity contribution is 6.43. The van der Waals surface area contributed by atoms with Gasteiger partial charge in [0.25, 0.3) is 0 Å². The normalized spacial score (nSPS) is 10.8. The van der Waals surface area contributed by atoms with Gasteiger partial charge >= 0.3 is 0 Å². The first kappa shape index (κ1) is 17.8. The fraction of sp³-hybridized carbons (Fsp3) is 0.278. The Bertz CT molecular complexity index is 671. The summed E-state index contributed by atoms with van der Waals surface area (Å²) in [5, 5.41) is 3.58. The Kier molecular flexibility index (Phi) is 6.46. The first-order chi connectivity index (χ1) is 11.0. The second kappa shape index (κ2) is 8.34. The number of halogens is 2. The Morgan fingerprint density at radius 3 is 2.39 bits per heavy atom. The molecule has 0 radical (unpaired) electrons. The van der Waals surface area contributed by atoms with Crippen LogP contribution in [0.15, 0.2) is 42.5 Å². The van der Waals surface area contributed by atoms with Crippen LogP contribution in [0.3, 0.4) is 0 Å². The lowest BCUT2D eigenvalue weighted by Gasteiger charge is -2.17. The lowest BCUT2D eigenvalue weighted by Crippen LogP contribution is -2.29. The summed E-state index contributed by atoms with van der Waals surface area (Å²) in [6.45, 7) is 3.12. The average molecular weight is 351 g/mol. The van der Waals surface area contributed by atoms with Crippen molar-refractivity contribution in [1.82, 2.24) is 4.90 Å². The third-order valence-corrected chi connectivity index (χ3v) is 4.34. The van der Waals surface area contributed by atoms with Gasteiger partial charge in [0.05, 0.1) is 22.3 Å². The monoisotopic (exact) mass is 350 g/mol. The van der Waals surface area contributed by atoms with E-state index in [0.717, 1.165) is 6.42 Å². The number of hydrogen-bond acceptors (Lipinski definition) is 2. The summed E-state index contributed by atoms with van der Waals surface area (Å²) in [5.41, 5.74) is 3.02. The Morgan fingerprint density at radius 1 is 1.09 bits per heavy atom. The second-order valence-corrected chi connectivity index (χ2v) is 6.28. The predicted octanol–water partition coefficient (Wildman–Crippen LogP) is 4.63. The van der Waals surface area contributed by atoms with Crippen LogP contribution in [0.25, 0.3) is 0 Å². The maximum atomic E-state index is 12.1. The Morgan fingerprint density at radius 2 is 1.74 bits per heavy atom. The molecule has 5 heteroatoms. The van der Waals surface area contributed by atoms with Gasteiger partial charge in [-0.1, -0.05) is 60.5 Å². The summed E-state index contributed by atoms with van der Waals surface area (Å²) in [5.74, 6) is -0.123. The maximum absolute atomic E-state index is 12.1. The highest BCUT2D eigenvalue weighted by Crippen LogP contribution is 2.29. The van der Waals surface area contributed by atoms with Crippen molar-refractivity contribution in [3.63, 3.8) is 0 Å². The number of anilines is 1. The standard InChI is InChI=1S/C18H20Cl2N2O/c1-3-13-7-9-14(10-8-13)11-22(2)12-17(23)21-16-6-4-5-15(19)18(16)20/h4-10H,3,11-12H2,1-2H3,(H,21,23). The number of hydrogen-bond donors (Lipinski definition) is 1. The van der Waals surface area contributed by atoms with Gasteiger partial charge in [-0.2, -0.15) is 0 Å². The van der Waals surface area contributed by atoms with Crippen molar-refractivity contribution in [2.45, 2.75) is 19.9 Å². The Labute approximate surface area is 147 Å². The topological polar surface area (TPSA) is 32.3 Å². The van der Waals surface area contributed by atoms with Gasteiger partial charge in [0, 0.05) is 6.54 Å². The van der Waals surface area contributed by atoms with Gasteiger partial charge in [0.2, 0.25) is 5.91 Å². The third-order valence-electron chi connectivity index (χ3n) is 3.52. The van der Waals surface area contributed by atoms with E-state index in [9.17, 15) is 4.79 Å². The number of rotatable bonds is 6. The van der Waals surface area contributed by atoms with Gasteiger partial charge < -0.3 is 5.32 Å². The Hall–Kier alpha value is -1.55. The molecular weight excluding hydrogens is 331 g/mol. The van der Waals surface area contributed by atoms with E-state index < -0.39 is 0 Å². The van der Waals surface area contributed by atoms with Crippen molar-refractivity contribution in [2.75, 3.05) is 18.9 Å². The highest BCUT2D eigenvalue weighted by atomic mass is 35.5. The summed E-state index contributed by atoms with van der Waals surface area (Å²) >= 11 is 12.0. The van der Waals surface area contributed by atoms with Crippen molar-refractivity contribution >= 4 is 34.8 Å². The highest BCUT2D eigenvalue weighted by Gasteiger charge is 2.11. The van der Waals surface area contributed by atoms with E-state index in [0.29, 0.717) is 22.3 Å². The van der Waals surface area contributed by atoms with E-state index in [4.69, 9.17) is 23.2 Å². The van der Waals surface area contributed by atoms with Crippen molar-refractivity contribution in [3.05, 3.63) is 63.6 Å². The lowest BCUT2D eigenvalue weighted by molar-refractivity contribution is -0.117. The van der Waals surface area contributed by atoms with Crippen LogP contribution in [0.2, 0.25) is 10.0 Å². The second-order valence-electron chi connectivity index (χ2n) is 5.49. The molecule has 0 aliphatic heterocycles. The van der Waals surface area contributed by atoms with Crippen molar-refractivity contribution < 1.29 is 4.79 Å². The van der Waals surface area contributed by atoms with Crippen molar-refractivity contribution in [2.24, 2.45) is 0 Å². The first-order valence-electron chi connectivity index (χ1n) is 7.49. The van der Waals surface area contributed by atoms with Crippen LogP contribution in [-0.4, -0.2) is 24.4 Å². The van der Waals surface area contributed by atoms with E-state index in [1.54, 1.807) is 18.2 Å². The van der Waals surface area contributed by atoms with E-state index in [1.165, 1.54) is 11.1 Å². The van der Waals surface area contributed by atoms with Gasteiger partial charge in [0.15, 0.2) is 0 Å². The molecule has 23 heavy (non-hydrogen) atoms. The van der Waals surface area contributed by atoms with Gasteiger partial charge in [-0.25, -0.2) is 0 Å². The van der Waals surface area contributed by atoms with E-state index in [1.807, 2.05) is 11.9 Å². The molecule has 0 unspecified atom stereocenters. The minimum absolute atomic E-state index is 0.123. The maximum Gasteiger partial charge on any atom is 0.238 e. The van der Waals surface area contributed by atoms with Crippen molar-refractivity contribution in [1.29, 1.82) is 0 Å². The average Bonchev–Trinajstić information content (AvgIpc) is 2.52. The summed E-state index contributed by atoms with van der Waals surface area (Å²) in [6, 6.07) is 13.6. The zero-order valence-corrected chi connectivity index (χ0v) is 14.8. The summed E-state index contributed by atoms with van der Waals surface area (Å²) in [6.07, 6.45) is 1.03. The van der Waals surface area contributed by atoms with E-state index in [-0.39, 0.29) is 12.5 Å². The minimum Gasteiger partial charge on any atom is -0.324 e. The number of aryl methyl sites for hydroxylation is 1. The van der Waals surface area contributed by atoms with Crippen LogP contribution in [-0.2, 0) is 17.8 Å². The molecule has 0 heterocycles. The van der Waals surface area contributed by atoms with Gasteiger partial charge in [0.1, 0.15) is 0 Å². The molecule has 122 valence electrons. The minimum atomic E-state index is -0.123. The van der Waals surface area contributed by atoms with Crippen molar-refractivity contribution in [3.8, 4) is 0 Å². The molecule has 2 aromatic rings. The molecule has 1 N–H and O–H groups in total. The first-order valence-corrected chi connectivity index (χ1v) is 8.25. The van der Waals surface area contributed by atoms with Gasteiger partial charge in [-0.15, -0.1) is 0 Å². The lowest BCUT2D eigenvalue weighted by atomic mass is 10.1. The van der Waals surface area contributed by atoms with E-state index >= 15 is 0 Å². The molecule has 0 spiro atoms. The molecule has 0 atom stereocenters. The predicted molar refractivity (Wildman–Crippen MR) is 97.2 cm³/mol. The molecule has 0 fully saturated rings. The molecule has 0 bridgehead atoms. The third kappa shape index (κ3) is 5.24. The Balaban J connectivity index is 1.90. The number of benzene rings is 2. The number of nitrogens with zero attached hydrogens (tertiary/aromatic N) is 1. The SMILES string of the molecule is CCc1ccc(CN(C)CC(=O)Nc2cccc(Cl)c2Cl)cc1. The van der Waals surface area contributed by atoms with Gasteiger partial charge in [-0.3, -0.25) is 9.69 Å². The van der Waals surface area contributed by atoms with Crippen LogP contribution in [0.1, 0.15) is 18.1 Å². The fourth-order valence-corrected chi connectivity index (χ4v) is 2.63. The molecule has 0 aromatic heterocycles. The van der Waals surface area contributed by atoms with E-state index in [2.05, 4.69) is 36.5 Å². The van der Waals surface area contributed by atoms with Crippen LogP contribution < -0.4 is 5.32 Å². The number of carbonyl (C=O) groups is 1. The summed E-state index contributed by atoms with van der Waals surface area (Å²) in [7, 11) is 1.91. The van der Waals surface area contributed by atoms with Crippen LogP contribution >= 0.6 is 23.2 Å². The van der Waals surface area contributed by atoms with Crippen LogP contribution in [0.4, 0.5) is 5.69 Å². The zero-order valence-electron chi connectivity index (χ0n) is 13.3. The fourth-order valence-electron chi connectivity index (χ4n) is 2.28. The number of likely N-dealkylation sites (N-methyl/N-ethyl adjacent to an activating group) is 1. The molecule has 0 aliphatic carbocycles. The molecule has 0 aliphatic rings. The number of nitrogens with one attached hydrogen (secondary N) is 1. The van der Waals surface area contributed by atoms with Gasteiger partial charge in [-0.05, 0) is 36.7 Å². The number of carbonyl (C=O) groups excluding carboxylic acids is 1. The zero-order chi connectivity index (χ0) is 16.8.